The van der Waals surface area contributed by atoms with Crippen molar-refractivity contribution in [2.75, 3.05) is 13.1 Å². The van der Waals surface area contributed by atoms with Crippen molar-refractivity contribution >= 4 is 5.91 Å². The largest absolute Gasteiger partial charge is 0.341 e. The lowest BCUT2D eigenvalue weighted by atomic mass is 9.82. The summed E-state index contributed by atoms with van der Waals surface area (Å²) in [7, 11) is 0. The Bertz CT molecular complexity index is 310. The van der Waals surface area contributed by atoms with E-state index >= 15 is 0 Å². The van der Waals surface area contributed by atoms with E-state index in [0.29, 0.717) is 12.8 Å². The Morgan fingerprint density at radius 2 is 2.00 bits per heavy atom. The molecule has 1 heterocycles. The zero-order chi connectivity index (χ0) is 12.4. The van der Waals surface area contributed by atoms with E-state index in [2.05, 4.69) is 19.9 Å². The third kappa shape index (κ3) is 2.21. The maximum absolute atomic E-state index is 12.4. The number of hydrogen-bond donors (Lipinski definition) is 0. The normalized spacial score (nSPS) is 19.6. The quantitative estimate of drug-likeness (QED) is 0.736. The maximum Gasteiger partial charge on any atom is 0.243 e. The monoisotopic (exact) mass is 222 g/mol. The Morgan fingerprint density at radius 3 is 2.31 bits per heavy atom. The molecule has 0 aliphatic carbocycles. The fraction of sp³-hybridized carbons (Fsp3) is 0.846. The molecule has 0 spiro atoms. The van der Waals surface area contributed by atoms with Crippen LogP contribution in [-0.4, -0.2) is 23.9 Å². The lowest BCUT2D eigenvalue weighted by Gasteiger charge is -2.29. The van der Waals surface area contributed by atoms with Gasteiger partial charge < -0.3 is 4.90 Å². The number of hydrogen-bond acceptors (Lipinski definition) is 2. The van der Waals surface area contributed by atoms with Crippen molar-refractivity contribution in [1.29, 1.82) is 5.26 Å². The van der Waals surface area contributed by atoms with E-state index in [9.17, 15) is 10.1 Å². The number of carbonyl (C=O) groups excluding carboxylic acids is 1. The summed E-state index contributed by atoms with van der Waals surface area (Å²) in [4.78, 5) is 14.2. The number of rotatable bonds is 3. The average Bonchev–Trinajstić information content (AvgIpc) is 2.62. The Labute approximate surface area is 98.4 Å². The van der Waals surface area contributed by atoms with Crippen molar-refractivity contribution in [1.82, 2.24) is 4.90 Å². The highest BCUT2D eigenvalue weighted by Crippen LogP contribution is 2.34. The Kier molecular flexibility index (Phi) is 3.62. The van der Waals surface area contributed by atoms with Crippen molar-refractivity contribution in [2.24, 2.45) is 10.8 Å². The molecular formula is C13H22N2O. The molecule has 1 aliphatic heterocycles. The van der Waals surface area contributed by atoms with Crippen LogP contribution in [0.1, 0.15) is 47.0 Å². The second kappa shape index (κ2) is 4.45. The highest BCUT2D eigenvalue weighted by Gasteiger charge is 2.42. The third-order valence-electron chi connectivity index (χ3n) is 3.80. The zero-order valence-corrected chi connectivity index (χ0v) is 10.8. The first-order chi connectivity index (χ1) is 7.40. The van der Waals surface area contributed by atoms with E-state index in [-0.39, 0.29) is 11.3 Å². The van der Waals surface area contributed by atoms with Crippen LogP contribution < -0.4 is 0 Å². The van der Waals surface area contributed by atoms with Gasteiger partial charge in [-0.25, -0.2) is 0 Å². The molecule has 0 saturated carbocycles. The van der Waals surface area contributed by atoms with Gasteiger partial charge in [0.25, 0.3) is 0 Å². The van der Waals surface area contributed by atoms with Crippen LogP contribution in [0.4, 0.5) is 0 Å². The highest BCUT2D eigenvalue weighted by molar-refractivity contribution is 5.85. The summed E-state index contributed by atoms with van der Waals surface area (Å²) in [6.07, 6.45) is 2.25. The zero-order valence-electron chi connectivity index (χ0n) is 10.8. The van der Waals surface area contributed by atoms with Gasteiger partial charge >= 0.3 is 0 Å². The predicted molar refractivity (Wildman–Crippen MR) is 63.6 cm³/mol. The molecular weight excluding hydrogens is 200 g/mol. The van der Waals surface area contributed by atoms with Crippen LogP contribution in [0.5, 0.6) is 0 Å². The van der Waals surface area contributed by atoms with E-state index in [1.165, 1.54) is 0 Å². The summed E-state index contributed by atoms with van der Waals surface area (Å²) in [6.45, 7) is 9.78. The molecule has 1 saturated heterocycles. The first-order valence-electron chi connectivity index (χ1n) is 6.11. The molecule has 0 aromatic rings. The van der Waals surface area contributed by atoms with Crippen molar-refractivity contribution in [3.63, 3.8) is 0 Å². The van der Waals surface area contributed by atoms with Crippen molar-refractivity contribution < 1.29 is 4.79 Å². The number of amides is 1. The van der Waals surface area contributed by atoms with E-state index < -0.39 is 5.41 Å². The van der Waals surface area contributed by atoms with Crippen LogP contribution >= 0.6 is 0 Å². The second-order valence-corrected chi connectivity index (χ2v) is 5.54. The van der Waals surface area contributed by atoms with E-state index in [0.717, 1.165) is 19.5 Å². The summed E-state index contributed by atoms with van der Waals surface area (Å²) in [5.41, 5.74) is -0.585. The maximum atomic E-state index is 12.4. The highest BCUT2D eigenvalue weighted by atomic mass is 16.2. The molecule has 1 aliphatic rings. The molecule has 1 fully saturated rings. The fourth-order valence-electron chi connectivity index (χ4n) is 2.35. The number of carbonyl (C=O) groups is 1. The van der Waals surface area contributed by atoms with Gasteiger partial charge in [-0.15, -0.1) is 0 Å². The molecule has 0 unspecified atom stereocenters. The lowest BCUT2D eigenvalue weighted by molar-refractivity contribution is -0.138. The van der Waals surface area contributed by atoms with Crippen LogP contribution in [0.2, 0.25) is 0 Å². The molecule has 0 N–H and O–H groups in total. The minimum atomic E-state index is -0.791. The van der Waals surface area contributed by atoms with Crippen LogP contribution in [0, 0.1) is 22.2 Å². The van der Waals surface area contributed by atoms with Crippen LogP contribution in [-0.2, 0) is 4.79 Å². The Balaban J connectivity index is 2.83. The topological polar surface area (TPSA) is 44.1 Å². The van der Waals surface area contributed by atoms with Crippen molar-refractivity contribution in [3.8, 4) is 6.07 Å². The van der Waals surface area contributed by atoms with Crippen LogP contribution in [0.15, 0.2) is 0 Å². The molecule has 0 aromatic heterocycles. The van der Waals surface area contributed by atoms with Gasteiger partial charge in [-0.1, -0.05) is 27.7 Å². The first-order valence-corrected chi connectivity index (χ1v) is 6.11. The van der Waals surface area contributed by atoms with E-state index in [4.69, 9.17) is 0 Å². The summed E-state index contributed by atoms with van der Waals surface area (Å²) in [6, 6.07) is 2.23. The summed E-state index contributed by atoms with van der Waals surface area (Å²) in [5, 5.41) is 9.24. The number of nitrogens with zero attached hydrogens (tertiary/aromatic N) is 2. The van der Waals surface area contributed by atoms with Crippen molar-refractivity contribution in [3.05, 3.63) is 0 Å². The molecule has 3 nitrogen and oxygen atoms in total. The minimum absolute atomic E-state index is 0.0329. The number of nitriles is 1. The van der Waals surface area contributed by atoms with Crippen LogP contribution in [0.3, 0.4) is 0 Å². The molecule has 1 rings (SSSR count). The minimum Gasteiger partial charge on any atom is -0.341 e. The Hall–Kier alpha value is -1.04. The van der Waals surface area contributed by atoms with Gasteiger partial charge in [-0.2, -0.15) is 5.26 Å². The lowest BCUT2D eigenvalue weighted by Crippen LogP contribution is -2.42. The van der Waals surface area contributed by atoms with Gasteiger partial charge in [0.1, 0.15) is 5.41 Å². The molecule has 0 bridgehead atoms. The second-order valence-electron chi connectivity index (χ2n) is 5.54. The first kappa shape index (κ1) is 13.0. The van der Waals surface area contributed by atoms with E-state index in [1.807, 2.05) is 18.7 Å². The summed E-state index contributed by atoms with van der Waals surface area (Å²) < 4.78 is 0. The molecule has 0 aromatic carbocycles. The molecule has 3 heteroatoms. The Morgan fingerprint density at radius 1 is 1.44 bits per heavy atom. The predicted octanol–water partition coefficient (Wildman–Crippen LogP) is 2.57. The smallest absolute Gasteiger partial charge is 0.243 e. The average molecular weight is 222 g/mol. The molecule has 1 amide bonds. The molecule has 90 valence electrons. The van der Waals surface area contributed by atoms with Crippen LogP contribution in [0.25, 0.3) is 0 Å². The van der Waals surface area contributed by atoms with Gasteiger partial charge in [-0.05, 0) is 24.7 Å². The van der Waals surface area contributed by atoms with Gasteiger partial charge in [-0.3, -0.25) is 4.79 Å². The van der Waals surface area contributed by atoms with Gasteiger partial charge in [0.2, 0.25) is 5.91 Å². The summed E-state index contributed by atoms with van der Waals surface area (Å²) >= 11 is 0. The third-order valence-corrected chi connectivity index (χ3v) is 3.80. The van der Waals surface area contributed by atoms with Gasteiger partial charge in [0, 0.05) is 13.1 Å². The molecule has 0 atom stereocenters. The van der Waals surface area contributed by atoms with Crippen molar-refractivity contribution in [2.45, 2.75) is 47.0 Å². The number of likely N-dealkylation sites (tertiary alicyclic amines) is 1. The molecule has 0 radical (unpaired) electrons. The summed E-state index contributed by atoms with van der Waals surface area (Å²) in [5.74, 6) is 0.0329. The van der Waals surface area contributed by atoms with Gasteiger partial charge in [0.15, 0.2) is 0 Å². The SMILES string of the molecule is CCC(C#N)(CC)C(=O)N1CCC(C)(C)C1. The standard InChI is InChI=1S/C13H22N2O/c1-5-13(6-2,9-14)11(16)15-8-7-12(3,4)10-15/h5-8,10H2,1-4H3. The fourth-order valence-corrected chi connectivity index (χ4v) is 2.35. The molecule has 16 heavy (non-hydrogen) atoms. The van der Waals surface area contributed by atoms with Gasteiger partial charge in [0.05, 0.1) is 6.07 Å². The van der Waals surface area contributed by atoms with E-state index in [1.54, 1.807) is 0 Å².